The molecule has 3 N–H and O–H groups in total. The molecule has 0 bridgehead atoms. The monoisotopic (exact) mass is 276 g/mol. The highest BCUT2D eigenvalue weighted by molar-refractivity contribution is 7.89. The number of rotatable bonds is 5. The van der Waals surface area contributed by atoms with E-state index in [1.807, 2.05) is 0 Å². The van der Waals surface area contributed by atoms with Gasteiger partial charge in [0.2, 0.25) is 10.0 Å². The van der Waals surface area contributed by atoms with Crippen LogP contribution >= 0.6 is 12.4 Å². The summed E-state index contributed by atoms with van der Waals surface area (Å²) in [5.41, 5.74) is 5.57. The lowest BCUT2D eigenvalue weighted by Crippen LogP contribution is -2.41. The molecule has 1 aromatic carbocycles. The second-order valence-corrected chi connectivity index (χ2v) is 5.83. The summed E-state index contributed by atoms with van der Waals surface area (Å²) < 4.78 is 26.6. The molecule has 0 saturated heterocycles. The zero-order valence-electron chi connectivity index (χ0n) is 9.37. The molecule has 0 heterocycles. The molecule has 1 aromatic rings. The van der Waals surface area contributed by atoms with Gasteiger partial charge in [0.1, 0.15) is 0 Å². The maximum Gasteiger partial charge on any atom is 0.240 e. The van der Waals surface area contributed by atoms with Gasteiger partial charge in [0, 0.05) is 12.6 Å². The van der Waals surface area contributed by atoms with Crippen molar-refractivity contribution in [3.05, 3.63) is 30.3 Å². The lowest BCUT2D eigenvalue weighted by Gasteiger charge is -2.15. The van der Waals surface area contributed by atoms with Crippen molar-refractivity contribution in [1.82, 2.24) is 4.72 Å². The fourth-order valence-electron chi connectivity index (χ4n) is 1.70. The largest absolute Gasteiger partial charge is 0.329 e. The normalized spacial score (nSPS) is 17.2. The fourth-order valence-corrected chi connectivity index (χ4v) is 3.04. The Balaban J connectivity index is 0.00000144. The lowest BCUT2D eigenvalue weighted by molar-refractivity contribution is 0.519. The SMILES string of the molecule is Cl.NCC(NS(=O)(=O)c1ccccc1)C1CC1. The second kappa shape index (κ2) is 5.82. The van der Waals surface area contributed by atoms with Crippen LogP contribution < -0.4 is 10.5 Å². The molecule has 0 spiro atoms. The minimum Gasteiger partial charge on any atom is -0.329 e. The molecule has 1 unspecified atom stereocenters. The zero-order chi connectivity index (χ0) is 11.6. The Hall–Kier alpha value is -0.620. The first-order valence-electron chi connectivity index (χ1n) is 5.41. The number of nitrogens with one attached hydrogen (secondary N) is 1. The van der Waals surface area contributed by atoms with Crippen LogP contribution in [0.25, 0.3) is 0 Å². The van der Waals surface area contributed by atoms with E-state index in [0.29, 0.717) is 17.4 Å². The molecule has 1 atom stereocenters. The predicted molar refractivity (Wildman–Crippen MR) is 69.6 cm³/mol. The number of nitrogens with two attached hydrogens (primary N) is 1. The Morgan fingerprint density at radius 3 is 2.35 bits per heavy atom. The van der Waals surface area contributed by atoms with E-state index in [-0.39, 0.29) is 18.4 Å². The van der Waals surface area contributed by atoms with Crippen molar-refractivity contribution in [3.63, 3.8) is 0 Å². The molecule has 0 radical (unpaired) electrons. The van der Waals surface area contributed by atoms with Gasteiger partial charge in [-0.25, -0.2) is 13.1 Å². The zero-order valence-corrected chi connectivity index (χ0v) is 11.0. The van der Waals surface area contributed by atoms with Crippen LogP contribution in [0, 0.1) is 5.92 Å². The first-order chi connectivity index (χ1) is 7.63. The quantitative estimate of drug-likeness (QED) is 0.847. The minimum atomic E-state index is -3.41. The third kappa shape index (κ3) is 3.67. The topological polar surface area (TPSA) is 72.2 Å². The summed E-state index contributed by atoms with van der Waals surface area (Å²) >= 11 is 0. The second-order valence-electron chi connectivity index (χ2n) is 4.11. The van der Waals surface area contributed by atoms with Gasteiger partial charge in [-0.1, -0.05) is 18.2 Å². The molecule has 1 aliphatic carbocycles. The molecular formula is C11H17ClN2O2S. The first kappa shape index (κ1) is 14.4. The van der Waals surface area contributed by atoms with E-state index in [2.05, 4.69) is 4.72 Å². The van der Waals surface area contributed by atoms with Crippen molar-refractivity contribution in [2.24, 2.45) is 11.7 Å². The van der Waals surface area contributed by atoms with Gasteiger partial charge in [-0.05, 0) is 30.9 Å². The van der Waals surface area contributed by atoms with E-state index < -0.39 is 10.0 Å². The molecule has 0 amide bonds. The van der Waals surface area contributed by atoms with Crippen LogP contribution in [0.5, 0.6) is 0 Å². The maximum absolute atomic E-state index is 12.0. The molecule has 4 nitrogen and oxygen atoms in total. The van der Waals surface area contributed by atoms with Crippen molar-refractivity contribution in [3.8, 4) is 0 Å². The van der Waals surface area contributed by atoms with Crippen LogP contribution in [0.3, 0.4) is 0 Å². The number of benzene rings is 1. The Bertz CT molecular complexity index is 446. The van der Waals surface area contributed by atoms with Gasteiger partial charge in [0.25, 0.3) is 0 Å². The van der Waals surface area contributed by atoms with E-state index in [9.17, 15) is 8.42 Å². The summed E-state index contributed by atoms with van der Waals surface area (Å²) in [5, 5.41) is 0. The highest BCUT2D eigenvalue weighted by atomic mass is 35.5. The third-order valence-electron chi connectivity index (χ3n) is 2.81. The number of sulfonamides is 1. The molecule has 6 heteroatoms. The molecule has 96 valence electrons. The van der Waals surface area contributed by atoms with Crippen LogP contribution in [0.1, 0.15) is 12.8 Å². The van der Waals surface area contributed by atoms with Gasteiger partial charge in [-0.3, -0.25) is 0 Å². The van der Waals surface area contributed by atoms with E-state index in [4.69, 9.17) is 5.73 Å². The van der Waals surface area contributed by atoms with Crippen LogP contribution in [0.4, 0.5) is 0 Å². The highest BCUT2D eigenvalue weighted by Gasteiger charge is 2.33. The summed E-state index contributed by atoms with van der Waals surface area (Å²) in [6.07, 6.45) is 2.14. The summed E-state index contributed by atoms with van der Waals surface area (Å²) in [6.45, 7) is 0.358. The van der Waals surface area contributed by atoms with Crippen LogP contribution in [0.15, 0.2) is 35.2 Å². The molecule has 1 fully saturated rings. The van der Waals surface area contributed by atoms with Gasteiger partial charge in [-0.15, -0.1) is 12.4 Å². The van der Waals surface area contributed by atoms with Crippen molar-refractivity contribution < 1.29 is 8.42 Å². The third-order valence-corrected chi connectivity index (χ3v) is 4.31. The Morgan fingerprint density at radius 2 is 1.88 bits per heavy atom. The Kier molecular flexibility index (Phi) is 4.94. The van der Waals surface area contributed by atoms with Gasteiger partial charge < -0.3 is 5.73 Å². The maximum atomic E-state index is 12.0. The van der Waals surface area contributed by atoms with E-state index in [0.717, 1.165) is 12.8 Å². The van der Waals surface area contributed by atoms with Crippen LogP contribution in [-0.4, -0.2) is 21.0 Å². The molecule has 1 aliphatic rings. The average molecular weight is 277 g/mol. The molecule has 0 aromatic heterocycles. The molecule has 0 aliphatic heterocycles. The molecular weight excluding hydrogens is 260 g/mol. The van der Waals surface area contributed by atoms with Crippen LogP contribution in [0.2, 0.25) is 0 Å². The smallest absolute Gasteiger partial charge is 0.240 e. The Morgan fingerprint density at radius 1 is 1.29 bits per heavy atom. The summed E-state index contributed by atoms with van der Waals surface area (Å²) in [7, 11) is -3.41. The van der Waals surface area contributed by atoms with Crippen molar-refractivity contribution in [2.45, 2.75) is 23.8 Å². The summed E-state index contributed by atoms with van der Waals surface area (Å²) in [4.78, 5) is 0.300. The standard InChI is InChI=1S/C11H16N2O2S.ClH/c12-8-11(9-6-7-9)13-16(14,15)10-4-2-1-3-5-10;/h1-5,9,11,13H,6-8,12H2;1H. The fraction of sp³-hybridized carbons (Fsp3) is 0.455. The average Bonchev–Trinajstić information content (AvgIpc) is 3.11. The van der Waals surface area contributed by atoms with Gasteiger partial charge in [-0.2, -0.15) is 0 Å². The molecule has 2 rings (SSSR count). The number of hydrogen-bond donors (Lipinski definition) is 2. The van der Waals surface area contributed by atoms with Crippen LogP contribution in [-0.2, 0) is 10.0 Å². The van der Waals surface area contributed by atoms with Gasteiger partial charge in [0.05, 0.1) is 4.90 Å². The highest BCUT2D eigenvalue weighted by Crippen LogP contribution is 2.32. The van der Waals surface area contributed by atoms with Crippen molar-refractivity contribution in [1.29, 1.82) is 0 Å². The van der Waals surface area contributed by atoms with E-state index >= 15 is 0 Å². The number of halogens is 1. The van der Waals surface area contributed by atoms with Crippen molar-refractivity contribution in [2.75, 3.05) is 6.54 Å². The molecule has 1 saturated carbocycles. The summed E-state index contributed by atoms with van der Waals surface area (Å²) in [6, 6.07) is 8.27. The summed E-state index contributed by atoms with van der Waals surface area (Å²) in [5.74, 6) is 0.420. The van der Waals surface area contributed by atoms with Gasteiger partial charge >= 0.3 is 0 Å². The van der Waals surface area contributed by atoms with Gasteiger partial charge in [0.15, 0.2) is 0 Å². The minimum absolute atomic E-state index is 0. The lowest BCUT2D eigenvalue weighted by atomic mass is 10.2. The Labute approximate surface area is 108 Å². The van der Waals surface area contributed by atoms with E-state index in [1.165, 1.54) is 0 Å². The molecule has 17 heavy (non-hydrogen) atoms. The van der Waals surface area contributed by atoms with E-state index in [1.54, 1.807) is 30.3 Å². The first-order valence-corrected chi connectivity index (χ1v) is 6.89. The number of hydrogen-bond acceptors (Lipinski definition) is 3. The van der Waals surface area contributed by atoms with Crippen molar-refractivity contribution >= 4 is 22.4 Å². The predicted octanol–water partition coefficient (Wildman–Crippen LogP) is 1.12.